The lowest BCUT2D eigenvalue weighted by molar-refractivity contribution is -0.148. The number of likely N-dealkylation sites (tertiary alicyclic amines) is 2. The Kier molecular flexibility index (Phi) is 15.3. The molecule has 2 fully saturated rings. The third-order valence-corrected chi connectivity index (χ3v) is 8.16. The fourth-order valence-corrected chi connectivity index (χ4v) is 5.51. The first-order valence-electron chi connectivity index (χ1n) is 15.8. The van der Waals surface area contributed by atoms with E-state index in [1.807, 2.05) is 0 Å². The summed E-state index contributed by atoms with van der Waals surface area (Å²) >= 11 is 0. The number of amides is 6. The number of carboxylic acids is 3. The Morgan fingerprint density at radius 1 is 0.694 bits per heavy atom. The molecule has 0 radical (unpaired) electrons. The number of rotatable bonds is 18. The summed E-state index contributed by atoms with van der Waals surface area (Å²) in [5, 5.41) is 46.2. The fraction of sp³-hybridized carbons (Fsp3) is 0.690. The van der Waals surface area contributed by atoms with Crippen LogP contribution in [-0.2, 0) is 43.2 Å². The number of nitrogens with zero attached hydrogens (tertiary/aromatic N) is 2. The molecule has 2 rings (SSSR count). The quantitative estimate of drug-likeness (QED) is 0.0660. The van der Waals surface area contributed by atoms with Gasteiger partial charge in [-0.15, -0.1) is 0 Å². The first kappa shape index (κ1) is 40.3. The van der Waals surface area contributed by atoms with Crippen molar-refractivity contribution in [3.8, 4) is 0 Å². The smallest absolute Gasteiger partial charge is 0.326 e. The van der Waals surface area contributed by atoms with Crippen LogP contribution in [0.3, 0.4) is 0 Å². The summed E-state index contributed by atoms with van der Waals surface area (Å²) in [7, 11) is 0. The second-order valence-corrected chi connectivity index (χ2v) is 12.0. The van der Waals surface area contributed by atoms with Crippen molar-refractivity contribution < 1.29 is 63.6 Å². The molecule has 274 valence electrons. The van der Waals surface area contributed by atoms with Crippen LogP contribution in [0.4, 0.5) is 0 Å². The SMILES string of the molecule is C[C@H](N)C(=O)N[C@@H](CO)C(=O)N[C@@H](C)C(=O)N1CCC[C@H]1C(=O)N1CCC[C@H]1C(=O)N[C@@H](CCC(=O)O)C(=O)N[C@@H](CCC(=O)O)C(=O)O. The van der Waals surface area contributed by atoms with Gasteiger partial charge in [0.05, 0.1) is 12.6 Å². The molecule has 6 amide bonds. The number of hydrogen-bond donors (Lipinski definition) is 9. The molecule has 0 aromatic heterocycles. The Morgan fingerprint density at radius 2 is 1.20 bits per heavy atom. The molecule has 20 heteroatoms. The van der Waals surface area contributed by atoms with Crippen molar-refractivity contribution in [2.24, 2.45) is 5.73 Å². The van der Waals surface area contributed by atoms with E-state index in [0.29, 0.717) is 12.8 Å². The van der Waals surface area contributed by atoms with Gasteiger partial charge in [-0.3, -0.25) is 38.4 Å². The number of carboxylic acid groups (broad SMARTS) is 3. The minimum Gasteiger partial charge on any atom is -0.481 e. The molecule has 7 atom stereocenters. The molecule has 0 bridgehead atoms. The Morgan fingerprint density at radius 3 is 1.73 bits per heavy atom. The van der Waals surface area contributed by atoms with Gasteiger partial charge in [-0.2, -0.15) is 0 Å². The minimum atomic E-state index is -1.63. The van der Waals surface area contributed by atoms with E-state index in [9.17, 15) is 53.4 Å². The maximum atomic E-state index is 13.7. The number of hydrogen-bond acceptors (Lipinski definition) is 11. The third-order valence-electron chi connectivity index (χ3n) is 8.16. The number of carbonyl (C=O) groups excluding carboxylic acids is 6. The van der Waals surface area contributed by atoms with Gasteiger partial charge in [0.1, 0.15) is 36.3 Å². The van der Waals surface area contributed by atoms with Crippen molar-refractivity contribution in [1.82, 2.24) is 31.1 Å². The second kappa shape index (κ2) is 18.6. The molecule has 20 nitrogen and oxygen atoms in total. The van der Waals surface area contributed by atoms with Crippen LogP contribution in [0.15, 0.2) is 0 Å². The van der Waals surface area contributed by atoms with Gasteiger partial charge < -0.3 is 57.2 Å². The van der Waals surface area contributed by atoms with Gasteiger partial charge in [-0.25, -0.2) is 4.79 Å². The Balaban J connectivity index is 2.14. The summed E-state index contributed by atoms with van der Waals surface area (Å²) in [4.78, 5) is 114. The first-order chi connectivity index (χ1) is 23.0. The Bertz CT molecular complexity index is 1290. The normalized spacial score (nSPS) is 20.2. The number of aliphatic hydroxyl groups excluding tert-OH is 1. The second-order valence-electron chi connectivity index (χ2n) is 12.0. The van der Waals surface area contributed by atoms with Crippen LogP contribution in [0, 0.1) is 0 Å². The van der Waals surface area contributed by atoms with Crippen molar-refractivity contribution >= 4 is 53.4 Å². The number of carbonyl (C=O) groups is 9. The standard InChI is InChI=1S/C29H45N7O13/c1-14(30)23(42)34-18(13-37)25(44)31-15(2)27(46)36-12-4-6-20(36)28(47)35-11-3-5-19(35)26(45)32-16(7-9-21(38)39)24(43)33-17(29(48)49)8-10-22(40)41/h14-20,37H,3-13,30H2,1-2H3,(H,31,44)(H,32,45)(H,33,43)(H,34,42)(H,38,39)(H,40,41)(H,48,49)/t14-,15-,16-,17-,18-,19-,20-/m0/s1. The van der Waals surface area contributed by atoms with E-state index in [0.717, 1.165) is 0 Å². The summed E-state index contributed by atoms with van der Waals surface area (Å²) < 4.78 is 0. The highest BCUT2D eigenvalue weighted by Crippen LogP contribution is 2.26. The molecule has 0 aliphatic carbocycles. The zero-order valence-electron chi connectivity index (χ0n) is 27.3. The van der Waals surface area contributed by atoms with E-state index >= 15 is 0 Å². The lowest BCUT2D eigenvalue weighted by Gasteiger charge is -2.33. The van der Waals surface area contributed by atoms with E-state index in [1.54, 1.807) is 0 Å². The monoisotopic (exact) mass is 699 g/mol. The lowest BCUT2D eigenvalue weighted by Crippen LogP contribution is -2.59. The highest BCUT2D eigenvalue weighted by molar-refractivity contribution is 5.97. The van der Waals surface area contributed by atoms with Crippen LogP contribution >= 0.6 is 0 Å². The van der Waals surface area contributed by atoms with Gasteiger partial charge in [0.15, 0.2) is 0 Å². The molecule has 2 aliphatic heterocycles. The Labute approximate surface area is 281 Å². The Hall–Kier alpha value is -4.85. The third kappa shape index (κ3) is 11.7. The van der Waals surface area contributed by atoms with Crippen molar-refractivity contribution in [2.45, 2.75) is 108 Å². The average molecular weight is 700 g/mol. The topological polar surface area (TPSA) is 315 Å². The first-order valence-corrected chi connectivity index (χ1v) is 15.8. The number of aliphatic carboxylic acids is 3. The molecular formula is C29H45N7O13. The molecule has 0 saturated carbocycles. The number of aliphatic hydroxyl groups is 1. The van der Waals surface area contributed by atoms with Crippen LogP contribution in [0.25, 0.3) is 0 Å². The molecule has 0 aromatic rings. The molecule has 2 heterocycles. The van der Waals surface area contributed by atoms with E-state index in [2.05, 4.69) is 21.3 Å². The molecule has 2 saturated heterocycles. The number of nitrogens with one attached hydrogen (secondary N) is 4. The maximum Gasteiger partial charge on any atom is 0.326 e. The van der Waals surface area contributed by atoms with Crippen molar-refractivity contribution in [1.29, 1.82) is 0 Å². The zero-order chi connectivity index (χ0) is 37.0. The summed E-state index contributed by atoms with van der Waals surface area (Å²) in [5.74, 6) is -8.74. The minimum absolute atomic E-state index is 0.126. The van der Waals surface area contributed by atoms with E-state index in [-0.39, 0.29) is 25.9 Å². The van der Waals surface area contributed by atoms with Gasteiger partial charge in [0, 0.05) is 25.9 Å². The van der Waals surface area contributed by atoms with E-state index < -0.39 is 128 Å². The predicted octanol–water partition coefficient (Wildman–Crippen LogP) is -3.92. The lowest BCUT2D eigenvalue weighted by atomic mass is 10.1. The fourth-order valence-electron chi connectivity index (χ4n) is 5.51. The van der Waals surface area contributed by atoms with Gasteiger partial charge in [-0.05, 0) is 52.4 Å². The average Bonchev–Trinajstić information content (AvgIpc) is 3.73. The van der Waals surface area contributed by atoms with Crippen molar-refractivity contribution in [3.05, 3.63) is 0 Å². The van der Waals surface area contributed by atoms with Crippen molar-refractivity contribution in [3.63, 3.8) is 0 Å². The highest BCUT2D eigenvalue weighted by atomic mass is 16.4. The molecular weight excluding hydrogens is 654 g/mol. The largest absolute Gasteiger partial charge is 0.481 e. The van der Waals surface area contributed by atoms with Gasteiger partial charge in [0.2, 0.25) is 35.4 Å². The molecule has 10 N–H and O–H groups in total. The summed E-state index contributed by atoms with van der Waals surface area (Å²) in [6.07, 6.45) is -0.824. The van der Waals surface area contributed by atoms with Crippen LogP contribution in [0.1, 0.15) is 65.2 Å². The summed E-state index contributed by atoms with van der Waals surface area (Å²) in [6.45, 7) is 2.27. The number of nitrogens with two attached hydrogens (primary N) is 1. The van der Waals surface area contributed by atoms with E-state index in [4.69, 9.17) is 15.9 Å². The van der Waals surface area contributed by atoms with Crippen molar-refractivity contribution in [2.75, 3.05) is 19.7 Å². The molecule has 0 spiro atoms. The summed E-state index contributed by atoms with van der Waals surface area (Å²) in [5.41, 5.74) is 5.48. The van der Waals surface area contributed by atoms with Gasteiger partial charge >= 0.3 is 17.9 Å². The molecule has 2 aliphatic rings. The maximum absolute atomic E-state index is 13.7. The van der Waals surface area contributed by atoms with Crippen LogP contribution < -0.4 is 27.0 Å². The van der Waals surface area contributed by atoms with Gasteiger partial charge in [0.25, 0.3) is 0 Å². The van der Waals surface area contributed by atoms with Crippen LogP contribution in [0.2, 0.25) is 0 Å². The van der Waals surface area contributed by atoms with Gasteiger partial charge in [-0.1, -0.05) is 0 Å². The van der Waals surface area contributed by atoms with Crippen LogP contribution in [0.5, 0.6) is 0 Å². The van der Waals surface area contributed by atoms with Crippen LogP contribution in [-0.4, -0.2) is 146 Å². The highest BCUT2D eigenvalue weighted by Gasteiger charge is 2.44. The predicted molar refractivity (Wildman–Crippen MR) is 165 cm³/mol. The molecule has 49 heavy (non-hydrogen) atoms. The molecule has 0 unspecified atom stereocenters. The molecule has 0 aromatic carbocycles. The summed E-state index contributed by atoms with van der Waals surface area (Å²) in [6, 6.07) is -8.76. The van der Waals surface area contributed by atoms with E-state index in [1.165, 1.54) is 23.6 Å². The zero-order valence-corrected chi connectivity index (χ0v) is 27.3.